The van der Waals surface area contributed by atoms with Gasteiger partial charge in [-0.2, -0.15) is 0 Å². The van der Waals surface area contributed by atoms with Crippen LogP contribution >= 0.6 is 15.9 Å². The van der Waals surface area contributed by atoms with E-state index in [4.69, 9.17) is 9.47 Å². The molecule has 1 aliphatic rings. The minimum absolute atomic E-state index is 0.0891. The van der Waals surface area contributed by atoms with Crippen LogP contribution in [0.15, 0.2) is 33.6 Å². The summed E-state index contributed by atoms with van der Waals surface area (Å²) in [5.74, 6) is -1.08. The number of nitrogens with one attached hydrogen (secondary N) is 1. The van der Waals surface area contributed by atoms with Crippen molar-refractivity contribution in [2.45, 2.75) is 17.4 Å². The molecule has 0 aliphatic carbocycles. The van der Waals surface area contributed by atoms with Gasteiger partial charge in [-0.15, -0.1) is 0 Å². The lowest BCUT2D eigenvalue weighted by Gasteiger charge is -2.32. The number of sulfonamides is 1. The highest BCUT2D eigenvalue weighted by Gasteiger charge is 2.29. The first-order valence-corrected chi connectivity index (χ1v) is 10.6. The maximum absolute atomic E-state index is 14.2. The number of hydrogen-bond donors (Lipinski definition) is 1. The molecule has 10 heteroatoms. The standard InChI is InChI=1S/C18H19BrF2N2O4S/c1-23(2)10-6-11-16(26-3)5-4-15(18(11)27-9-10)22-28(24,25)17-8-13(20)12(19)7-14(17)21/h4-5,7-8,10,22H,6,9H2,1-3H3/t10-/m1/s1. The van der Waals surface area contributed by atoms with E-state index in [-0.39, 0.29) is 16.2 Å². The molecule has 2 aromatic carbocycles. The summed E-state index contributed by atoms with van der Waals surface area (Å²) in [4.78, 5) is 1.21. The summed E-state index contributed by atoms with van der Waals surface area (Å²) in [6, 6.07) is 4.56. The third-order valence-electron chi connectivity index (χ3n) is 4.54. The Kier molecular flexibility index (Phi) is 5.83. The Hall–Kier alpha value is -1.91. The molecular weight excluding hydrogens is 458 g/mol. The highest BCUT2D eigenvalue weighted by molar-refractivity contribution is 9.10. The topological polar surface area (TPSA) is 67.9 Å². The van der Waals surface area contributed by atoms with E-state index in [1.165, 1.54) is 13.2 Å². The van der Waals surface area contributed by atoms with Crippen molar-refractivity contribution in [1.29, 1.82) is 0 Å². The van der Waals surface area contributed by atoms with Crippen molar-refractivity contribution in [2.75, 3.05) is 32.5 Å². The molecule has 2 aromatic rings. The van der Waals surface area contributed by atoms with Gasteiger partial charge in [-0.1, -0.05) is 0 Å². The van der Waals surface area contributed by atoms with Gasteiger partial charge < -0.3 is 14.4 Å². The second-order valence-corrected chi connectivity index (χ2v) is 9.06. The van der Waals surface area contributed by atoms with Gasteiger partial charge in [-0.25, -0.2) is 17.2 Å². The van der Waals surface area contributed by atoms with Crippen molar-refractivity contribution in [1.82, 2.24) is 4.90 Å². The number of ether oxygens (including phenoxy) is 2. The fourth-order valence-electron chi connectivity index (χ4n) is 2.96. The molecule has 0 saturated heterocycles. The monoisotopic (exact) mass is 476 g/mol. The predicted molar refractivity (Wildman–Crippen MR) is 105 cm³/mol. The van der Waals surface area contributed by atoms with E-state index in [0.29, 0.717) is 36.2 Å². The van der Waals surface area contributed by atoms with Crippen molar-refractivity contribution in [2.24, 2.45) is 0 Å². The van der Waals surface area contributed by atoms with Gasteiger partial charge in [0.05, 0.1) is 17.3 Å². The summed E-state index contributed by atoms with van der Waals surface area (Å²) in [5, 5.41) is 0. The van der Waals surface area contributed by atoms with Crippen LogP contribution in [0.4, 0.5) is 14.5 Å². The van der Waals surface area contributed by atoms with E-state index in [2.05, 4.69) is 20.7 Å². The van der Waals surface area contributed by atoms with Crippen LogP contribution < -0.4 is 14.2 Å². The molecule has 0 unspecified atom stereocenters. The average molecular weight is 477 g/mol. The van der Waals surface area contributed by atoms with Gasteiger partial charge in [0, 0.05) is 11.6 Å². The SMILES string of the molecule is COc1ccc(NS(=O)(=O)c2cc(F)c(Br)cc2F)c2c1C[C@@H](N(C)C)CO2. The zero-order valence-electron chi connectivity index (χ0n) is 15.4. The average Bonchev–Trinajstić information content (AvgIpc) is 2.64. The van der Waals surface area contributed by atoms with Gasteiger partial charge in [0.25, 0.3) is 10.0 Å². The molecule has 0 spiro atoms. The number of likely N-dealkylation sites (N-methyl/N-ethyl adjacent to an activating group) is 1. The predicted octanol–water partition coefficient (Wildman–Crippen LogP) is 3.40. The lowest BCUT2D eigenvalue weighted by atomic mass is 10.00. The molecule has 0 radical (unpaired) electrons. The molecule has 0 saturated carbocycles. The van der Waals surface area contributed by atoms with Crippen molar-refractivity contribution in [3.8, 4) is 11.5 Å². The maximum Gasteiger partial charge on any atom is 0.265 e. The summed E-state index contributed by atoms with van der Waals surface area (Å²) in [7, 11) is 0.968. The number of methoxy groups -OCH3 is 1. The van der Waals surface area contributed by atoms with Gasteiger partial charge in [0.2, 0.25) is 0 Å². The Balaban J connectivity index is 2.02. The highest BCUT2D eigenvalue weighted by atomic mass is 79.9. The first-order chi connectivity index (χ1) is 13.1. The zero-order valence-corrected chi connectivity index (χ0v) is 17.8. The van der Waals surface area contributed by atoms with Gasteiger partial charge >= 0.3 is 0 Å². The first kappa shape index (κ1) is 20.8. The molecule has 1 atom stereocenters. The minimum Gasteiger partial charge on any atom is -0.496 e. The largest absolute Gasteiger partial charge is 0.496 e. The van der Waals surface area contributed by atoms with Gasteiger partial charge in [-0.05, 0) is 60.7 Å². The number of fused-ring (bicyclic) bond motifs is 1. The number of rotatable bonds is 5. The van der Waals surface area contributed by atoms with Crippen LogP contribution in [0.25, 0.3) is 0 Å². The smallest absolute Gasteiger partial charge is 0.265 e. The van der Waals surface area contributed by atoms with E-state index < -0.39 is 26.6 Å². The quantitative estimate of drug-likeness (QED) is 0.669. The third kappa shape index (κ3) is 3.94. The van der Waals surface area contributed by atoms with Crippen LogP contribution in [0, 0.1) is 11.6 Å². The fraction of sp³-hybridized carbons (Fsp3) is 0.333. The van der Waals surface area contributed by atoms with Crippen molar-refractivity contribution < 1.29 is 26.7 Å². The van der Waals surface area contributed by atoms with Crippen molar-refractivity contribution in [3.63, 3.8) is 0 Å². The molecule has 0 amide bonds. The molecule has 1 aliphatic heterocycles. The number of benzene rings is 2. The molecule has 0 bridgehead atoms. The molecule has 152 valence electrons. The number of nitrogens with zero attached hydrogens (tertiary/aromatic N) is 1. The second kappa shape index (κ2) is 7.84. The zero-order chi connectivity index (χ0) is 20.6. The van der Waals surface area contributed by atoms with Crippen molar-refractivity contribution in [3.05, 3.63) is 45.9 Å². The van der Waals surface area contributed by atoms with Crippen LogP contribution in [0.1, 0.15) is 5.56 Å². The highest BCUT2D eigenvalue weighted by Crippen LogP contribution is 2.41. The summed E-state index contributed by atoms with van der Waals surface area (Å²) < 4.78 is 66.6. The Morgan fingerprint density at radius 3 is 2.61 bits per heavy atom. The molecule has 28 heavy (non-hydrogen) atoms. The first-order valence-electron chi connectivity index (χ1n) is 8.30. The molecule has 6 nitrogen and oxygen atoms in total. The molecule has 1 N–H and O–H groups in total. The van der Waals surface area contributed by atoms with E-state index in [9.17, 15) is 17.2 Å². The maximum atomic E-state index is 14.2. The summed E-state index contributed by atoms with van der Waals surface area (Å²) in [6.45, 7) is 0.350. The fourth-order valence-corrected chi connectivity index (χ4v) is 4.41. The van der Waals surface area contributed by atoms with Crippen LogP contribution in [0.3, 0.4) is 0 Å². The van der Waals surface area contributed by atoms with Gasteiger partial charge in [0.15, 0.2) is 0 Å². The summed E-state index contributed by atoms with van der Waals surface area (Å²) in [5.41, 5.74) is 0.839. The second-order valence-electron chi connectivity index (χ2n) is 6.56. The van der Waals surface area contributed by atoms with Crippen LogP contribution in [0.5, 0.6) is 11.5 Å². The van der Waals surface area contributed by atoms with Crippen LogP contribution in [-0.2, 0) is 16.4 Å². The number of halogens is 3. The molecule has 3 rings (SSSR count). The molecule has 0 aromatic heterocycles. The van der Waals surface area contributed by atoms with Gasteiger partial charge in [0.1, 0.15) is 34.6 Å². The Morgan fingerprint density at radius 1 is 1.25 bits per heavy atom. The van der Waals surface area contributed by atoms with E-state index in [0.717, 1.165) is 6.07 Å². The Morgan fingerprint density at radius 2 is 1.96 bits per heavy atom. The Labute approximate surface area is 170 Å². The van der Waals surface area contributed by atoms with E-state index >= 15 is 0 Å². The van der Waals surface area contributed by atoms with E-state index in [1.807, 2.05) is 19.0 Å². The van der Waals surface area contributed by atoms with E-state index in [1.54, 1.807) is 6.07 Å². The molecule has 0 fully saturated rings. The van der Waals surface area contributed by atoms with Gasteiger partial charge in [-0.3, -0.25) is 4.72 Å². The van der Waals surface area contributed by atoms with Crippen molar-refractivity contribution >= 4 is 31.6 Å². The molecule has 1 heterocycles. The number of anilines is 1. The summed E-state index contributed by atoms with van der Waals surface area (Å²) >= 11 is 2.83. The summed E-state index contributed by atoms with van der Waals surface area (Å²) in [6.07, 6.45) is 0.586. The van der Waals surface area contributed by atoms with Crippen LogP contribution in [0.2, 0.25) is 0 Å². The lowest BCUT2D eigenvalue weighted by molar-refractivity contribution is 0.164. The third-order valence-corrected chi connectivity index (χ3v) is 6.52. The normalized spacial score (nSPS) is 16.5. The minimum atomic E-state index is -4.38. The Bertz CT molecular complexity index is 1020. The lowest BCUT2D eigenvalue weighted by Crippen LogP contribution is -2.38. The van der Waals surface area contributed by atoms with Crippen LogP contribution in [-0.4, -0.2) is 47.2 Å². The molecular formula is C18H19BrF2N2O4S. The number of hydrogen-bond acceptors (Lipinski definition) is 5.